The highest BCUT2D eigenvalue weighted by atomic mass is 16.6. The lowest BCUT2D eigenvalue weighted by Gasteiger charge is -2.12. The van der Waals surface area contributed by atoms with Crippen LogP contribution >= 0.6 is 0 Å². The molecule has 6 nitrogen and oxygen atoms in total. The first-order valence-corrected chi connectivity index (χ1v) is 7.50. The number of nitrogens with one attached hydrogen (secondary N) is 2. The molecule has 0 aliphatic carbocycles. The molecule has 0 aromatic heterocycles. The summed E-state index contributed by atoms with van der Waals surface area (Å²) in [4.78, 5) is 22.9. The summed E-state index contributed by atoms with van der Waals surface area (Å²) in [5.74, 6) is -0.376. The molecule has 2 rings (SSSR count). The van der Waals surface area contributed by atoms with E-state index in [0.717, 1.165) is 12.8 Å². The van der Waals surface area contributed by atoms with Crippen molar-refractivity contribution in [2.45, 2.75) is 19.8 Å². The van der Waals surface area contributed by atoms with Crippen LogP contribution in [-0.2, 0) is 0 Å². The lowest BCUT2D eigenvalue weighted by Crippen LogP contribution is -2.15. The molecule has 1 amide bonds. The molecule has 2 N–H and O–H groups in total. The van der Waals surface area contributed by atoms with Crippen molar-refractivity contribution in [2.24, 2.45) is 0 Å². The minimum absolute atomic E-state index is 0.107. The number of benzene rings is 2. The molecular weight excluding hydrogens is 294 g/mol. The first kappa shape index (κ1) is 16.5. The van der Waals surface area contributed by atoms with Gasteiger partial charge in [-0.05, 0) is 24.6 Å². The van der Waals surface area contributed by atoms with Gasteiger partial charge in [0.15, 0.2) is 0 Å². The second-order valence-electron chi connectivity index (χ2n) is 5.09. The van der Waals surface area contributed by atoms with Gasteiger partial charge >= 0.3 is 0 Å². The summed E-state index contributed by atoms with van der Waals surface area (Å²) in [5, 5.41) is 16.9. The van der Waals surface area contributed by atoms with E-state index in [4.69, 9.17) is 0 Å². The van der Waals surface area contributed by atoms with Crippen molar-refractivity contribution in [2.75, 3.05) is 17.2 Å². The van der Waals surface area contributed by atoms with Crippen molar-refractivity contribution in [3.05, 3.63) is 64.2 Å². The van der Waals surface area contributed by atoms with Gasteiger partial charge in [-0.25, -0.2) is 0 Å². The van der Waals surface area contributed by atoms with Crippen LogP contribution in [0.25, 0.3) is 0 Å². The number of carbonyl (C=O) groups is 1. The van der Waals surface area contributed by atoms with E-state index < -0.39 is 4.92 Å². The molecule has 0 atom stereocenters. The summed E-state index contributed by atoms with van der Waals surface area (Å²) in [6.07, 6.45) is 1.97. The first-order valence-electron chi connectivity index (χ1n) is 7.50. The fourth-order valence-corrected chi connectivity index (χ4v) is 2.11. The fourth-order valence-electron chi connectivity index (χ4n) is 2.11. The number of non-ortho nitro benzene ring substituents is 1. The molecule has 2 aromatic carbocycles. The van der Waals surface area contributed by atoms with Crippen LogP contribution in [0.5, 0.6) is 0 Å². The van der Waals surface area contributed by atoms with E-state index in [9.17, 15) is 14.9 Å². The maximum absolute atomic E-state index is 12.5. The van der Waals surface area contributed by atoms with Crippen LogP contribution in [0.1, 0.15) is 30.1 Å². The van der Waals surface area contributed by atoms with E-state index >= 15 is 0 Å². The Hall–Kier alpha value is -2.89. The summed E-state index contributed by atoms with van der Waals surface area (Å²) >= 11 is 0. The van der Waals surface area contributed by atoms with Gasteiger partial charge in [0.25, 0.3) is 11.6 Å². The third kappa shape index (κ3) is 4.54. The van der Waals surface area contributed by atoms with Crippen molar-refractivity contribution in [1.82, 2.24) is 0 Å². The van der Waals surface area contributed by atoms with Crippen LogP contribution in [0.3, 0.4) is 0 Å². The molecular formula is C17H19N3O3. The van der Waals surface area contributed by atoms with Gasteiger partial charge in [-0.2, -0.15) is 0 Å². The van der Waals surface area contributed by atoms with Crippen molar-refractivity contribution in [1.29, 1.82) is 0 Å². The summed E-state index contributed by atoms with van der Waals surface area (Å²) in [6.45, 7) is 2.78. The Morgan fingerprint density at radius 2 is 1.91 bits per heavy atom. The topological polar surface area (TPSA) is 84.3 Å². The number of carbonyl (C=O) groups excluding carboxylic acids is 1. The van der Waals surface area contributed by atoms with E-state index in [-0.39, 0.29) is 17.2 Å². The Morgan fingerprint density at radius 3 is 2.57 bits per heavy atom. The molecule has 0 spiro atoms. The third-order valence-electron chi connectivity index (χ3n) is 3.34. The number of para-hydroxylation sites is 1. The lowest BCUT2D eigenvalue weighted by atomic mass is 10.1. The average Bonchev–Trinajstić information content (AvgIpc) is 2.56. The van der Waals surface area contributed by atoms with Crippen molar-refractivity contribution in [3.8, 4) is 0 Å². The SMILES string of the molecule is CCCCNc1ccc([N+](=O)[O-])cc1C(=O)Nc1ccccc1. The molecule has 2 aromatic rings. The minimum Gasteiger partial charge on any atom is -0.384 e. The van der Waals surface area contributed by atoms with Gasteiger partial charge in [0.2, 0.25) is 0 Å². The fraction of sp³-hybridized carbons (Fsp3) is 0.235. The number of rotatable bonds is 7. The Labute approximate surface area is 134 Å². The number of nitro groups is 1. The summed E-state index contributed by atoms with van der Waals surface area (Å²) in [5.41, 5.74) is 1.39. The maximum Gasteiger partial charge on any atom is 0.270 e. The highest BCUT2D eigenvalue weighted by molar-refractivity contribution is 6.08. The third-order valence-corrected chi connectivity index (χ3v) is 3.34. The molecule has 6 heteroatoms. The van der Waals surface area contributed by atoms with E-state index in [0.29, 0.717) is 17.9 Å². The average molecular weight is 313 g/mol. The normalized spacial score (nSPS) is 10.1. The number of unbranched alkanes of at least 4 members (excludes halogenated alkanes) is 1. The van der Waals surface area contributed by atoms with Gasteiger partial charge in [-0.15, -0.1) is 0 Å². The van der Waals surface area contributed by atoms with Crippen LogP contribution in [0.2, 0.25) is 0 Å². The zero-order valence-corrected chi connectivity index (χ0v) is 12.9. The molecule has 0 unspecified atom stereocenters. The first-order chi connectivity index (χ1) is 11.1. The van der Waals surface area contributed by atoms with Crippen molar-refractivity contribution in [3.63, 3.8) is 0 Å². The molecule has 0 radical (unpaired) electrons. The van der Waals surface area contributed by atoms with Crippen LogP contribution < -0.4 is 10.6 Å². The van der Waals surface area contributed by atoms with Crippen LogP contribution in [0.15, 0.2) is 48.5 Å². The van der Waals surface area contributed by atoms with Gasteiger partial charge in [-0.3, -0.25) is 14.9 Å². The van der Waals surface area contributed by atoms with Crippen LogP contribution in [0.4, 0.5) is 17.1 Å². The second-order valence-corrected chi connectivity index (χ2v) is 5.09. The van der Waals surface area contributed by atoms with Crippen LogP contribution in [0, 0.1) is 10.1 Å². The molecule has 0 saturated heterocycles. The summed E-state index contributed by atoms with van der Waals surface area (Å²) < 4.78 is 0. The Bertz CT molecular complexity index is 687. The molecule has 23 heavy (non-hydrogen) atoms. The Kier molecular flexibility index (Phi) is 5.68. The molecule has 0 heterocycles. The molecule has 0 aliphatic rings. The zero-order chi connectivity index (χ0) is 16.7. The van der Waals surface area contributed by atoms with Crippen molar-refractivity contribution >= 4 is 23.0 Å². The number of anilines is 2. The standard InChI is InChI=1S/C17H19N3O3/c1-2-3-11-18-16-10-9-14(20(22)23)12-15(16)17(21)19-13-7-5-4-6-8-13/h4-10,12,18H,2-3,11H2,1H3,(H,19,21). The predicted octanol–water partition coefficient (Wildman–Crippen LogP) is 4.06. The monoisotopic (exact) mass is 313 g/mol. The Balaban J connectivity index is 2.26. The molecule has 0 saturated carbocycles. The molecule has 0 aliphatic heterocycles. The number of nitro benzene ring substituents is 1. The predicted molar refractivity (Wildman–Crippen MR) is 90.9 cm³/mol. The number of amides is 1. The maximum atomic E-state index is 12.5. The highest BCUT2D eigenvalue weighted by Gasteiger charge is 2.16. The lowest BCUT2D eigenvalue weighted by molar-refractivity contribution is -0.384. The molecule has 120 valence electrons. The van der Waals surface area contributed by atoms with Crippen molar-refractivity contribution < 1.29 is 9.72 Å². The second kappa shape index (κ2) is 7.93. The van der Waals surface area contributed by atoms with E-state index in [1.54, 1.807) is 18.2 Å². The van der Waals surface area contributed by atoms with Gasteiger partial charge in [0.1, 0.15) is 0 Å². The van der Waals surface area contributed by atoms with Gasteiger partial charge < -0.3 is 10.6 Å². The number of nitrogens with zero attached hydrogens (tertiary/aromatic N) is 1. The number of hydrogen-bond acceptors (Lipinski definition) is 4. The quantitative estimate of drug-likeness (QED) is 0.458. The van der Waals surface area contributed by atoms with Crippen LogP contribution in [-0.4, -0.2) is 17.4 Å². The molecule has 0 bridgehead atoms. The zero-order valence-electron chi connectivity index (χ0n) is 12.9. The summed E-state index contributed by atoms with van der Waals surface area (Å²) in [6, 6.07) is 13.3. The highest BCUT2D eigenvalue weighted by Crippen LogP contribution is 2.23. The molecule has 0 fully saturated rings. The van der Waals surface area contributed by atoms with Gasteiger partial charge in [-0.1, -0.05) is 31.5 Å². The van der Waals surface area contributed by atoms with Gasteiger partial charge in [0, 0.05) is 30.1 Å². The Morgan fingerprint density at radius 1 is 1.17 bits per heavy atom. The van der Waals surface area contributed by atoms with E-state index in [2.05, 4.69) is 17.6 Å². The largest absolute Gasteiger partial charge is 0.384 e. The smallest absolute Gasteiger partial charge is 0.270 e. The summed E-state index contributed by atoms with van der Waals surface area (Å²) in [7, 11) is 0. The van der Waals surface area contributed by atoms with Gasteiger partial charge in [0.05, 0.1) is 10.5 Å². The van der Waals surface area contributed by atoms with E-state index in [1.165, 1.54) is 12.1 Å². The number of hydrogen-bond donors (Lipinski definition) is 2. The minimum atomic E-state index is -0.505. The van der Waals surface area contributed by atoms with E-state index in [1.807, 2.05) is 18.2 Å².